The van der Waals surface area contributed by atoms with Crippen LogP contribution in [0.2, 0.25) is 0 Å². The summed E-state index contributed by atoms with van der Waals surface area (Å²) in [6.07, 6.45) is 0.0245. The van der Waals surface area contributed by atoms with E-state index in [2.05, 4.69) is 5.16 Å². The topological polar surface area (TPSA) is 92.7 Å². The Bertz CT molecular complexity index is 754. The maximum absolute atomic E-state index is 13.2. The molecule has 1 heterocycles. The highest BCUT2D eigenvalue weighted by Gasteiger charge is 2.20. The van der Waals surface area contributed by atoms with Crippen LogP contribution in [0.3, 0.4) is 0 Å². The number of rotatable bonds is 8. The van der Waals surface area contributed by atoms with Crippen molar-refractivity contribution in [3.63, 3.8) is 0 Å². The Morgan fingerprint density at radius 3 is 2.42 bits per heavy atom. The molecule has 1 aromatic carbocycles. The monoisotopic (exact) mass is 362 g/mol. The zero-order valence-corrected chi connectivity index (χ0v) is 15.2. The number of hydrogen-bond acceptors (Lipinski definition) is 5. The van der Waals surface area contributed by atoms with E-state index in [0.29, 0.717) is 18.0 Å². The lowest BCUT2D eigenvalue weighted by atomic mass is 10.2. The van der Waals surface area contributed by atoms with Crippen molar-refractivity contribution in [2.45, 2.75) is 26.8 Å². The standard InChI is InChI=1S/C18H23FN4O3/c1-12-16(13(2)26-21-12)10-22(3)11-18(25)23(9-8-17(20)24)15-6-4-14(19)5-7-15/h4-7H,8-11H2,1-3H3,(H2,20,24). The second-order valence-electron chi connectivity index (χ2n) is 6.21. The molecule has 2 aromatic rings. The molecule has 0 saturated heterocycles. The van der Waals surface area contributed by atoms with Crippen LogP contribution in [0.25, 0.3) is 0 Å². The number of likely N-dealkylation sites (N-methyl/N-ethyl adjacent to an activating group) is 1. The maximum atomic E-state index is 13.2. The van der Waals surface area contributed by atoms with E-state index in [0.717, 1.165) is 11.3 Å². The summed E-state index contributed by atoms with van der Waals surface area (Å²) >= 11 is 0. The minimum Gasteiger partial charge on any atom is -0.370 e. The van der Waals surface area contributed by atoms with Gasteiger partial charge in [0.15, 0.2) is 0 Å². The molecule has 0 unspecified atom stereocenters. The molecule has 1 aromatic heterocycles. The van der Waals surface area contributed by atoms with Gasteiger partial charge in [-0.25, -0.2) is 4.39 Å². The molecule has 0 radical (unpaired) electrons. The quantitative estimate of drug-likeness (QED) is 0.773. The van der Waals surface area contributed by atoms with Crippen LogP contribution >= 0.6 is 0 Å². The van der Waals surface area contributed by atoms with E-state index < -0.39 is 11.7 Å². The van der Waals surface area contributed by atoms with Gasteiger partial charge >= 0.3 is 0 Å². The lowest BCUT2D eigenvalue weighted by molar-refractivity contribution is -0.120. The fraction of sp³-hybridized carbons (Fsp3) is 0.389. The van der Waals surface area contributed by atoms with E-state index in [-0.39, 0.29) is 25.4 Å². The molecule has 0 aliphatic rings. The van der Waals surface area contributed by atoms with E-state index in [1.54, 1.807) is 7.05 Å². The molecule has 2 amide bonds. The van der Waals surface area contributed by atoms with Gasteiger partial charge < -0.3 is 15.2 Å². The molecule has 0 spiro atoms. The van der Waals surface area contributed by atoms with Crippen LogP contribution in [-0.2, 0) is 16.1 Å². The van der Waals surface area contributed by atoms with Crippen molar-refractivity contribution >= 4 is 17.5 Å². The summed E-state index contributed by atoms with van der Waals surface area (Å²) < 4.78 is 18.3. The van der Waals surface area contributed by atoms with Gasteiger partial charge in [-0.1, -0.05) is 5.16 Å². The summed E-state index contributed by atoms with van der Waals surface area (Å²) in [5.41, 5.74) is 7.44. The van der Waals surface area contributed by atoms with Crippen molar-refractivity contribution in [2.75, 3.05) is 25.0 Å². The van der Waals surface area contributed by atoms with Crippen molar-refractivity contribution in [1.29, 1.82) is 0 Å². The van der Waals surface area contributed by atoms with Crippen molar-refractivity contribution in [3.8, 4) is 0 Å². The average molecular weight is 362 g/mol. The van der Waals surface area contributed by atoms with Crippen LogP contribution in [-0.4, -0.2) is 42.0 Å². The molecule has 0 saturated carbocycles. The average Bonchev–Trinajstić information content (AvgIpc) is 2.88. The van der Waals surface area contributed by atoms with Crippen LogP contribution < -0.4 is 10.6 Å². The maximum Gasteiger partial charge on any atom is 0.241 e. The van der Waals surface area contributed by atoms with Crippen LogP contribution in [0, 0.1) is 19.7 Å². The smallest absolute Gasteiger partial charge is 0.241 e. The number of benzene rings is 1. The van der Waals surface area contributed by atoms with E-state index in [1.807, 2.05) is 18.7 Å². The first-order chi connectivity index (χ1) is 12.3. The number of carbonyl (C=O) groups excluding carboxylic acids is 2. The lowest BCUT2D eigenvalue weighted by Gasteiger charge is -2.25. The number of hydrogen-bond donors (Lipinski definition) is 1. The number of halogens is 1. The van der Waals surface area contributed by atoms with Crippen molar-refractivity contribution in [1.82, 2.24) is 10.1 Å². The van der Waals surface area contributed by atoms with Gasteiger partial charge in [0.25, 0.3) is 0 Å². The molecule has 8 heteroatoms. The largest absolute Gasteiger partial charge is 0.370 e. The molecule has 140 valence electrons. The molecule has 0 bridgehead atoms. The van der Waals surface area contributed by atoms with Crippen LogP contribution in [0.5, 0.6) is 0 Å². The van der Waals surface area contributed by atoms with Gasteiger partial charge in [0.05, 0.1) is 12.2 Å². The number of nitrogens with two attached hydrogens (primary N) is 1. The minimum atomic E-state index is -0.506. The fourth-order valence-electron chi connectivity index (χ4n) is 2.61. The molecule has 0 aliphatic carbocycles. The number of nitrogens with zero attached hydrogens (tertiary/aromatic N) is 3. The van der Waals surface area contributed by atoms with E-state index >= 15 is 0 Å². The molecule has 2 rings (SSSR count). The first-order valence-corrected chi connectivity index (χ1v) is 8.22. The number of amides is 2. The zero-order chi connectivity index (χ0) is 19.3. The van der Waals surface area contributed by atoms with Crippen molar-refractivity contribution in [3.05, 3.63) is 47.1 Å². The molecular weight excluding hydrogens is 339 g/mol. The van der Waals surface area contributed by atoms with Crippen LogP contribution in [0.15, 0.2) is 28.8 Å². The minimum absolute atomic E-state index is 0.0245. The number of carbonyl (C=O) groups is 2. The first-order valence-electron chi connectivity index (χ1n) is 8.22. The predicted molar refractivity (Wildman–Crippen MR) is 94.9 cm³/mol. The summed E-state index contributed by atoms with van der Waals surface area (Å²) in [6.45, 7) is 4.42. The molecule has 7 nitrogen and oxygen atoms in total. The van der Waals surface area contributed by atoms with Crippen LogP contribution in [0.4, 0.5) is 10.1 Å². The molecule has 2 N–H and O–H groups in total. The SMILES string of the molecule is Cc1noc(C)c1CN(C)CC(=O)N(CCC(N)=O)c1ccc(F)cc1. The molecule has 0 aliphatic heterocycles. The Hall–Kier alpha value is -2.74. The van der Waals surface area contributed by atoms with Gasteiger partial charge in [-0.05, 0) is 45.2 Å². The number of anilines is 1. The van der Waals surface area contributed by atoms with Gasteiger partial charge in [0.2, 0.25) is 11.8 Å². The molecule has 0 fully saturated rings. The predicted octanol–water partition coefficient (Wildman–Crippen LogP) is 1.77. The highest BCUT2D eigenvalue weighted by atomic mass is 19.1. The summed E-state index contributed by atoms with van der Waals surface area (Å²) in [7, 11) is 1.81. The second kappa shape index (κ2) is 8.57. The Kier molecular flexibility index (Phi) is 6.46. The number of primary amides is 1. The van der Waals surface area contributed by atoms with Gasteiger partial charge in [-0.2, -0.15) is 0 Å². The Morgan fingerprint density at radius 2 is 1.88 bits per heavy atom. The van der Waals surface area contributed by atoms with Crippen molar-refractivity contribution in [2.24, 2.45) is 5.73 Å². The number of aryl methyl sites for hydroxylation is 2. The van der Waals surface area contributed by atoms with Gasteiger partial charge in [0, 0.05) is 30.8 Å². The summed E-state index contributed by atoms with van der Waals surface area (Å²) in [5, 5.41) is 3.90. The normalized spacial score (nSPS) is 11.0. The lowest BCUT2D eigenvalue weighted by Crippen LogP contribution is -2.40. The fourth-order valence-corrected chi connectivity index (χ4v) is 2.61. The summed E-state index contributed by atoms with van der Waals surface area (Å²) in [6, 6.07) is 5.55. The molecule has 0 atom stereocenters. The van der Waals surface area contributed by atoms with Gasteiger partial charge in [0.1, 0.15) is 11.6 Å². The third-order valence-electron chi connectivity index (χ3n) is 4.04. The van der Waals surface area contributed by atoms with Gasteiger partial charge in [-0.3, -0.25) is 14.5 Å². The molecule has 26 heavy (non-hydrogen) atoms. The van der Waals surface area contributed by atoms with E-state index in [4.69, 9.17) is 10.3 Å². The Morgan fingerprint density at radius 1 is 1.23 bits per heavy atom. The van der Waals surface area contributed by atoms with Crippen molar-refractivity contribution < 1.29 is 18.5 Å². The Balaban J connectivity index is 2.09. The summed E-state index contributed by atoms with van der Waals surface area (Å²) in [4.78, 5) is 27.1. The first kappa shape index (κ1) is 19.6. The summed E-state index contributed by atoms with van der Waals surface area (Å²) in [5.74, 6) is -0.404. The van der Waals surface area contributed by atoms with Gasteiger partial charge in [-0.15, -0.1) is 0 Å². The highest BCUT2D eigenvalue weighted by Crippen LogP contribution is 2.17. The second-order valence-corrected chi connectivity index (χ2v) is 6.21. The van der Waals surface area contributed by atoms with Crippen LogP contribution in [0.1, 0.15) is 23.4 Å². The zero-order valence-electron chi connectivity index (χ0n) is 15.2. The number of aromatic nitrogens is 1. The third-order valence-corrected chi connectivity index (χ3v) is 4.04. The van der Waals surface area contributed by atoms with E-state index in [1.165, 1.54) is 29.2 Å². The molecular formula is C18H23FN4O3. The third kappa shape index (κ3) is 5.13. The van der Waals surface area contributed by atoms with E-state index in [9.17, 15) is 14.0 Å². The highest BCUT2D eigenvalue weighted by molar-refractivity contribution is 5.95. The Labute approximate surface area is 151 Å².